The van der Waals surface area contributed by atoms with Crippen molar-refractivity contribution in [2.45, 2.75) is 26.9 Å². The molecule has 0 aromatic heterocycles. The van der Waals surface area contributed by atoms with E-state index < -0.39 is 6.10 Å². The first-order chi connectivity index (χ1) is 10.9. The molecule has 0 fully saturated rings. The van der Waals surface area contributed by atoms with Crippen LogP contribution >= 0.6 is 11.6 Å². The van der Waals surface area contributed by atoms with Crippen molar-refractivity contribution in [3.8, 4) is 5.75 Å². The quantitative estimate of drug-likeness (QED) is 0.833. The van der Waals surface area contributed by atoms with Crippen molar-refractivity contribution >= 4 is 29.0 Å². The van der Waals surface area contributed by atoms with Crippen molar-refractivity contribution in [2.24, 2.45) is 0 Å². The largest absolute Gasteiger partial charge is 0.481 e. The molecule has 4 nitrogen and oxygen atoms in total. The highest BCUT2D eigenvalue weighted by Gasteiger charge is 2.16. The van der Waals surface area contributed by atoms with E-state index in [-0.39, 0.29) is 11.7 Å². The van der Waals surface area contributed by atoms with Crippen LogP contribution in [0.15, 0.2) is 42.5 Å². The number of ether oxygens (including phenoxy) is 1. The highest BCUT2D eigenvalue weighted by atomic mass is 35.5. The molecule has 1 N–H and O–H groups in total. The van der Waals surface area contributed by atoms with Gasteiger partial charge in [0.15, 0.2) is 11.9 Å². The molecule has 2 aromatic carbocycles. The fourth-order valence-electron chi connectivity index (χ4n) is 2.03. The second-order valence-electron chi connectivity index (χ2n) is 5.29. The minimum atomic E-state index is -0.673. The number of hydrogen-bond donors (Lipinski definition) is 1. The summed E-state index contributed by atoms with van der Waals surface area (Å²) in [4.78, 5) is 23.4. The van der Waals surface area contributed by atoms with Crippen LogP contribution in [0.5, 0.6) is 5.75 Å². The molecule has 0 saturated carbocycles. The highest BCUT2D eigenvalue weighted by Crippen LogP contribution is 2.20. The standard InChI is InChI=1S/C18H18ClNO3/c1-11-10-15(19)6-9-17(11)20-18(22)13(3)23-16-7-4-14(5-8-16)12(2)21/h4-10,13H,1-3H3,(H,20,22)/t13-/m1/s1. The lowest BCUT2D eigenvalue weighted by Gasteiger charge is -2.16. The number of benzene rings is 2. The number of carbonyl (C=O) groups is 2. The lowest BCUT2D eigenvalue weighted by Crippen LogP contribution is -2.30. The molecule has 1 atom stereocenters. The lowest BCUT2D eigenvalue weighted by molar-refractivity contribution is -0.122. The molecule has 1 amide bonds. The monoisotopic (exact) mass is 331 g/mol. The number of halogens is 1. The van der Waals surface area contributed by atoms with Crippen molar-refractivity contribution in [1.82, 2.24) is 0 Å². The van der Waals surface area contributed by atoms with Gasteiger partial charge in [-0.15, -0.1) is 0 Å². The average Bonchev–Trinajstić information content (AvgIpc) is 2.50. The van der Waals surface area contributed by atoms with E-state index in [1.807, 2.05) is 6.92 Å². The second kappa shape index (κ2) is 7.29. The van der Waals surface area contributed by atoms with Crippen LogP contribution in [0.3, 0.4) is 0 Å². The molecule has 0 aliphatic rings. The average molecular weight is 332 g/mol. The number of rotatable bonds is 5. The van der Waals surface area contributed by atoms with Crippen LogP contribution in [0.2, 0.25) is 5.02 Å². The number of hydrogen-bond acceptors (Lipinski definition) is 3. The minimum absolute atomic E-state index is 0.0134. The number of amides is 1. The number of ketones is 1. The summed E-state index contributed by atoms with van der Waals surface area (Å²) in [6.45, 7) is 5.04. The SMILES string of the molecule is CC(=O)c1ccc(O[C@H](C)C(=O)Nc2ccc(Cl)cc2C)cc1. The van der Waals surface area contributed by atoms with Crippen LogP contribution in [0.25, 0.3) is 0 Å². The Morgan fingerprint density at radius 3 is 2.35 bits per heavy atom. The molecule has 0 aliphatic heterocycles. The zero-order valence-electron chi connectivity index (χ0n) is 13.2. The summed E-state index contributed by atoms with van der Waals surface area (Å²) < 4.78 is 5.60. The summed E-state index contributed by atoms with van der Waals surface area (Å²) in [5.74, 6) is 0.261. The zero-order valence-corrected chi connectivity index (χ0v) is 14.0. The number of carbonyl (C=O) groups excluding carboxylic acids is 2. The molecule has 0 unspecified atom stereocenters. The zero-order chi connectivity index (χ0) is 17.0. The van der Waals surface area contributed by atoms with E-state index >= 15 is 0 Å². The minimum Gasteiger partial charge on any atom is -0.481 e. The first-order valence-corrected chi connectivity index (χ1v) is 7.59. The first kappa shape index (κ1) is 17.0. The molecule has 0 radical (unpaired) electrons. The Morgan fingerprint density at radius 2 is 1.78 bits per heavy atom. The van der Waals surface area contributed by atoms with E-state index in [1.165, 1.54) is 6.92 Å². The van der Waals surface area contributed by atoms with E-state index in [0.717, 1.165) is 5.56 Å². The fraction of sp³-hybridized carbons (Fsp3) is 0.222. The predicted octanol–water partition coefficient (Wildman–Crippen LogP) is 4.26. The second-order valence-corrected chi connectivity index (χ2v) is 5.73. The van der Waals surface area contributed by atoms with Crippen LogP contribution in [0.1, 0.15) is 29.8 Å². The molecule has 0 bridgehead atoms. The molecule has 0 aliphatic carbocycles. The molecule has 2 aromatic rings. The third-order valence-electron chi connectivity index (χ3n) is 3.39. The number of Topliss-reactive ketones (excluding diaryl/α,β-unsaturated/α-hetero) is 1. The summed E-state index contributed by atoms with van der Waals surface area (Å²) in [5.41, 5.74) is 2.18. The van der Waals surface area contributed by atoms with Crippen molar-refractivity contribution < 1.29 is 14.3 Å². The van der Waals surface area contributed by atoms with Crippen molar-refractivity contribution in [1.29, 1.82) is 0 Å². The molecule has 23 heavy (non-hydrogen) atoms. The number of aryl methyl sites for hydroxylation is 1. The lowest BCUT2D eigenvalue weighted by atomic mass is 10.1. The summed E-state index contributed by atoms with van der Waals surface area (Å²) >= 11 is 5.90. The highest BCUT2D eigenvalue weighted by molar-refractivity contribution is 6.30. The maximum atomic E-state index is 12.2. The van der Waals surface area contributed by atoms with Crippen LogP contribution in [0.4, 0.5) is 5.69 Å². The third-order valence-corrected chi connectivity index (χ3v) is 3.62. The van der Waals surface area contributed by atoms with E-state index in [9.17, 15) is 9.59 Å². The van der Waals surface area contributed by atoms with Crippen LogP contribution in [-0.2, 0) is 4.79 Å². The third kappa shape index (κ3) is 4.57. The van der Waals surface area contributed by atoms with Gasteiger partial charge in [0, 0.05) is 16.3 Å². The topological polar surface area (TPSA) is 55.4 Å². The molecule has 5 heteroatoms. The Hall–Kier alpha value is -2.33. The van der Waals surface area contributed by atoms with Gasteiger partial charge in [0.2, 0.25) is 0 Å². The van der Waals surface area contributed by atoms with Gasteiger partial charge >= 0.3 is 0 Å². The van der Waals surface area contributed by atoms with E-state index in [2.05, 4.69) is 5.32 Å². The predicted molar refractivity (Wildman–Crippen MR) is 91.4 cm³/mol. The van der Waals surface area contributed by atoms with Gasteiger partial charge in [0.1, 0.15) is 5.75 Å². The number of anilines is 1. The van der Waals surface area contributed by atoms with E-state index in [1.54, 1.807) is 49.4 Å². The van der Waals surface area contributed by atoms with Gasteiger partial charge in [0.25, 0.3) is 5.91 Å². The van der Waals surface area contributed by atoms with Gasteiger partial charge < -0.3 is 10.1 Å². The van der Waals surface area contributed by atoms with Gasteiger partial charge in [-0.1, -0.05) is 11.6 Å². The summed E-state index contributed by atoms with van der Waals surface area (Å²) in [6, 6.07) is 11.9. The van der Waals surface area contributed by atoms with Gasteiger partial charge in [0.05, 0.1) is 0 Å². The summed E-state index contributed by atoms with van der Waals surface area (Å²) in [7, 11) is 0. The Kier molecular flexibility index (Phi) is 5.40. The Balaban J connectivity index is 2.00. The van der Waals surface area contributed by atoms with Gasteiger partial charge in [-0.2, -0.15) is 0 Å². The first-order valence-electron chi connectivity index (χ1n) is 7.21. The van der Waals surface area contributed by atoms with Gasteiger partial charge in [-0.05, 0) is 68.8 Å². The van der Waals surface area contributed by atoms with Crippen LogP contribution < -0.4 is 10.1 Å². The molecule has 120 valence electrons. The molecule has 2 rings (SSSR count). The fourth-order valence-corrected chi connectivity index (χ4v) is 2.25. The molecule has 0 spiro atoms. The Bertz CT molecular complexity index is 726. The van der Waals surface area contributed by atoms with E-state index in [4.69, 9.17) is 16.3 Å². The molecular formula is C18H18ClNO3. The molecule has 0 saturated heterocycles. The van der Waals surface area contributed by atoms with Crippen LogP contribution in [0, 0.1) is 6.92 Å². The maximum Gasteiger partial charge on any atom is 0.265 e. The Labute approximate surface area is 140 Å². The van der Waals surface area contributed by atoms with E-state index in [0.29, 0.717) is 22.0 Å². The van der Waals surface area contributed by atoms with Gasteiger partial charge in [-0.25, -0.2) is 0 Å². The Morgan fingerprint density at radius 1 is 1.13 bits per heavy atom. The van der Waals surface area contributed by atoms with Crippen molar-refractivity contribution in [2.75, 3.05) is 5.32 Å². The summed E-state index contributed by atoms with van der Waals surface area (Å²) in [5, 5.41) is 3.43. The number of nitrogens with one attached hydrogen (secondary N) is 1. The summed E-state index contributed by atoms with van der Waals surface area (Å²) in [6.07, 6.45) is -0.673. The van der Waals surface area contributed by atoms with Gasteiger partial charge in [-0.3, -0.25) is 9.59 Å². The molecule has 0 heterocycles. The van der Waals surface area contributed by atoms with Crippen molar-refractivity contribution in [3.63, 3.8) is 0 Å². The maximum absolute atomic E-state index is 12.2. The smallest absolute Gasteiger partial charge is 0.265 e. The normalized spacial score (nSPS) is 11.7. The van der Waals surface area contributed by atoms with Crippen LogP contribution in [-0.4, -0.2) is 17.8 Å². The van der Waals surface area contributed by atoms with Crippen molar-refractivity contribution in [3.05, 3.63) is 58.6 Å². The molecular weight excluding hydrogens is 314 g/mol.